The monoisotopic (exact) mass is 1530 g/mol. The van der Waals surface area contributed by atoms with Crippen LogP contribution in [-0.4, -0.2) is 91.8 Å². The average molecular weight is 1530 g/mol. The number of hydrogen-bond donors (Lipinski definition) is 9. The molecule has 0 heterocycles. The highest BCUT2D eigenvalue weighted by Gasteiger charge is 2.36. The molecule has 0 aromatic heterocycles. The summed E-state index contributed by atoms with van der Waals surface area (Å²) in [5, 5.41) is 41.7. The first-order chi connectivity index (χ1) is 49.1. The molecule has 27 heteroatoms. The van der Waals surface area contributed by atoms with Gasteiger partial charge in [0.15, 0.2) is 29.5 Å². The van der Waals surface area contributed by atoms with E-state index in [1.54, 1.807) is 126 Å². The molecule has 9 aromatic carbocycles. The third kappa shape index (κ3) is 20.9. The van der Waals surface area contributed by atoms with E-state index in [1.807, 2.05) is 53.7 Å². The fourth-order valence-corrected chi connectivity index (χ4v) is 15.6. The molecule has 0 saturated carbocycles. The maximum atomic E-state index is 14.6. The van der Waals surface area contributed by atoms with Gasteiger partial charge in [0.25, 0.3) is 17.7 Å². The van der Waals surface area contributed by atoms with Gasteiger partial charge < -0.3 is 47.2 Å². The summed E-state index contributed by atoms with van der Waals surface area (Å²) < 4.78 is 92.9. The zero-order chi connectivity index (χ0) is 77.8. The standard InChI is InChI=1S/C28H31ClN2O5S.C26H27ClN2O5S.C24H23FN2O5S/c1-6-25(37(35,36)20-13-11-19(12-14-20)28(3,4)5)27(34)30-22-16-24(32)23(15-21(22)29)31-26(33)18-9-7-17(2)8-10-18;1-5-24(35(33,34)19-11-16(3)10-17(4)12-19)26(32)28-21-14-23(30)22(13-20(21)27)29-25(31)18-8-6-15(2)7-9-18;1-14-7-9-18(10-8-14)33(31,32)16(3)23(29)26-20-13-22(28)21(12-19(20)25)27-24(30)17-6-4-5-15(2)11-17/h7-16,25,32H,6H2,1-5H3,(H,30,34)(H,31,33);6-14,24,30H,5H2,1-4H3,(H,28,32)(H,29,31);4-13,16,28H,1-3H3,(H,26,29)(H,27,30). The van der Waals surface area contributed by atoms with E-state index < -0.39 is 98.0 Å². The number of phenolic OH excluding ortho intramolecular Hbond substituents is 3. The quantitative estimate of drug-likeness (QED) is 0.0320. The van der Waals surface area contributed by atoms with Crippen LogP contribution in [0.5, 0.6) is 17.2 Å². The first-order valence-electron chi connectivity index (χ1n) is 32.8. The Morgan fingerprint density at radius 1 is 0.390 bits per heavy atom. The molecule has 0 saturated heterocycles. The number of amides is 6. The molecule has 0 aliphatic carbocycles. The van der Waals surface area contributed by atoms with Crippen LogP contribution in [0.1, 0.15) is 124 Å². The Morgan fingerprint density at radius 2 is 0.752 bits per heavy atom. The predicted octanol–water partition coefficient (Wildman–Crippen LogP) is 15.7. The van der Waals surface area contributed by atoms with Crippen molar-refractivity contribution in [2.24, 2.45) is 0 Å². The van der Waals surface area contributed by atoms with Gasteiger partial charge in [-0.3, -0.25) is 28.8 Å². The van der Waals surface area contributed by atoms with Crippen LogP contribution >= 0.6 is 23.2 Å². The summed E-state index contributed by atoms with van der Waals surface area (Å²) in [6.45, 7) is 21.5. The van der Waals surface area contributed by atoms with Crippen molar-refractivity contribution in [3.8, 4) is 17.2 Å². The Morgan fingerprint density at radius 3 is 1.16 bits per heavy atom. The third-order valence-electron chi connectivity index (χ3n) is 16.5. The first-order valence-corrected chi connectivity index (χ1v) is 38.2. The van der Waals surface area contributed by atoms with Gasteiger partial charge in [0, 0.05) is 41.0 Å². The van der Waals surface area contributed by atoms with E-state index in [9.17, 15) is 73.7 Å². The number of anilines is 6. The van der Waals surface area contributed by atoms with Gasteiger partial charge in [-0.15, -0.1) is 0 Å². The highest BCUT2D eigenvalue weighted by atomic mass is 35.5. The summed E-state index contributed by atoms with van der Waals surface area (Å²) in [7, 11) is -12.0. The van der Waals surface area contributed by atoms with Crippen molar-refractivity contribution >= 4 is 122 Å². The van der Waals surface area contributed by atoms with Crippen LogP contribution in [0.15, 0.2) is 191 Å². The summed E-state index contributed by atoms with van der Waals surface area (Å²) >= 11 is 12.6. The van der Waals surface area contributed by atoms with E-state index in [1.165, 1.54) is 67.6 Å². The average Bonchev–Trinajstić information content (AvgIpc) is 0.807. The number of rotatable bonds is 20. The van der Waals surface area contributed by atoms with Gasteiger partial charge in [-0.25, -0.2) is 29.6 Å². The second-order valence-corrected chi connectivity index (χ2v) is 33.3. The lowest BCUT2D eigenvalue weighted by Crippen LogP contribution is -2.35. The lowest BCUT2D eigenvalue weighted by atomic mass is 9.87. The van der Waals surface area contributed by atoms with E-state index >= 15 is 0 Å². The Balaban J connectivity index is 0.000000220. The molecule has 0 fully saturated rings. The molecule has 0 spiro atoms. The number of sulfone groups is 3. The van der Waals surface area contributed by atoms with Crippen molar-refractivity contribution < 1.29 is 73.7 Å². The fraction of sp³-hybridized carbons (Fsp3) is 0.231. The highest BCUT2D eigenvalue weighted by molar-refractivity contribution is 7.93. The predicted molar refractivity (Wildman–Crippen MR) is 409 cm³/mol. The van der Waals surface area contributed by atoms with Gasteiger partial charge in [-0.1, -0.05) is 147 Å². The van der Waals surface area contributed by atoms with Crippen LogP contribution < -0.4 is 31.9 Å². The Bertz CT molecular complexity index is 5120. The molecule has 3 atom stereocenters. The minimum atomic E-state index is -4.01. The van der Waals surface area contributed by atoms with Crippen molar-refractivity contribution in [3.63, 3.8) is 0 Å². The Kier molecular flexibility index (Phi) is 26.8. The highest BCUT2D eigenvalue weighted by Crippen LogP contribution is 2.38. The second kappa shape index (κ2) is 34.4. The summed E-state index contributed by atoms with van der Waals surface area (Å²) in [6, 6.07) is 44.6. The third-order valence-corrected chi connectivity index (χ3v) is 23.6. The lowest BCUT2D eigenvalue weighted by molar-refractivity contribution is -0.116. The van der Waals surface area contributed by atoms with Gasteiger partial charge >= 0.3 is 0 Å². The second-order valence-electron chi connectivity index (χ2n) is 26.0. The van der Waals surface area contributed by atoms with E-state index in [2.05, 4.69) is 31.9 Å². The molecule has 0 aliphatic heterocycles. The maximum Gasteiger partial charge on any atom is 0.255 e. The number of nitrogens with one attached hydrogen (secondary N) is 6. The van der Waals surface area contributed by atoms with E-state index in [0.29, 0.717) is 16.7 Å². The Hall–Kier alpha value is -10.4. The van der Waals surface area contributed by atoms with Gasteiger partial charge in [0.2, 0.25) is 17.7 Å². The summed E-state index contributed by atoms with van der Waals surface area (Å²) in [4.78, 5) is 76.0. The zero-order valence-corrected chi connectivity index (χ0v) is 63.5. The van der Waals surface area contributed by atoms with Gasteiger partial charge in [-0.05, 0) is 168 Å². The number of hydrogen-bond acceptors (Lipinski definition) is 15. The van der Waals surface area contributed by atoms with E-state index in [-0.39, 0.29) is 82.9 Å². The topological polar surface area (TPSA) is 338 Å². The van der Waals surface area contributed by atoms with E-state index in [4.69, 9.17) is 23.2 Å². The van der Waals surface area contributed by atoms with Gasteiger partial charge in [-0.2, -0.15) is 0 Å². The number of carbonyl (C=O) groups excluding carboxylic acids is 6. The first kappa shape index (κ1) is 81.9. The van der Waals surface area contributed by atoms with Crippen LogP contribution in [0.25, 0.3) is 0 Å². The van der Waals surface area contributed by atoms with Crippen molar-refractivity contribution in [1.82, 2.24) is 0 Å². The molecule has 21 nitrogen and oxygen atoms in total. The van der Waals surface area contributed by atoms with Crippen LogP contribution in [0, 0.1) is 47.4 Å². The maximum absolute atomic E-state index is 14.6. The largest absolute Gasteiger partial charge is 0.506 e. The molecule has 3 unspecified atom stereocenters. The number of phenols is 3. The molecule has 105 heavy (non-hydrogen) atoms. The van der Waals surface area contributed by atoms with Gasteiger partial charge in [0.1, 0.15) is 38.8 Å². The van der Waals surface area contributed by atoms with Crippen molar-refractivity contribution in [2.75, 3.05) is 31.9 Å². The molecule has 552 valence electrons. The minimum absolute atomic E-state index is 0.0205. The van der Waals surface area contributed by atoms with E-state index in [0.717, 1.165) is 51.1 Å². The SMILES string of the molecule is CCC(C(=O)Nc1cc(O)c(NC(=O)c2ccc(C)cc2)cc1Cl)S(=O)(=O)c1cc(C)cc(C)c1.CCC(C(=O)Nc1cc(O)c(NC(=O)c2ccc(C)cc2)cc1Cl)S(=O)(=O)c1ccc(C(C)(C)C)cc1.Cc1ccc(S(=O)(=O)C(C)C(=O)Nc2cc(O)c(NC(=O)c3cccc(C)c3)cc2F)cc1. The summed E-state index contributed by atoms with van der Waals surface area (Å²) in [5.41, 5.74) is 6.72. The molecule has 0 radical (unpaired) electrons. The lowest BCUT2D eigenvalue weighted by Gasteiger charge is -2.20. The smallest absolute Gasteiger partial charge is 0.255 e. The molecule has 9 N–H and O–H groups in total. The number of halogens is 3. The van der Waals surface area contributed by atoms with Gasteiger partial charge in [0.05, 0.1) is 58.9 Å². The normalized spacial score (nSPS) is 12.3. The fourth-order valence-electron chi connectivity index (χ4n) is 10.4. The number of aromatic hydroxyl groups is 3. The number of aryl methyl sites for hydroxylation is 6. The zero-order valence-electron chi connectivity index (χ0n) is 59.5. The van der Waals surface area contributed by atoms with Crippen LogP contribution in [-0.2, 0) is 49.3 Å². The van der Waals surface area contributed by atoms with Crippen molar-refractivity contribution in [3.05, 3.63) is 247 Å². The molecule has 6 amide bonds. The van der Waals surface area contributed by atoms with Crippen LogP contribution in [0.2, 0.25) is 10.0 Å². The minimum Gasteiger partial charge on any atom is -0.506 e. The Labute approximate surface area is 620 Å². The summed E-state index contributed by atoms with van der Waals surface area (Å²) in [6.07, 6.45) is 0.0684. The molecule has 0 aliphatic rings. The van der Waals surface area contributed by atoms with Crippen LogP contribution in [0.4, 0.5) is 38.5 Å². The number of carbonyl (C=O) groups is 6. The molecular weight excluding hydrogens is 1450 g/mol. The molecular formula is C78H81Cl2FN6O15S3. The molecule has 9 rings (SSSR count). The summed E-state index contributed by atoms with van der Waals surface area (Å²) in [5.74, 6) is -6.10. The van der Waals surface area contributed by atoms with Crippen LogP contribution in [0.3, 0.4) is 0 Å². The van der Waals surface area contributed by atoms with Crippen molar-refractivity contribution in [2.45, 2.75) is 132 Å². The molecule has 0 bridgehead atoms. The number of benzene rings is 9. The molecule has 9 aromatic rings. The van der Waals surface area contributed by atoms with Crippen molar-refractivity contribution in [1.29, 1.82) is 0 Å².